The largest absolute Gasteiger partial charge is 0.298 e. The molecule has 0 fully saturated rings. The summed E-state index contributed by atoms with van der Waals surface area (Å²) in [6.45, 7) is 23.6. The van der Waals surface area contributed by atoms with E-state index in [1.54, 1.807) is 0 Å². The molecule has 0 amide bonds. The summed E-state index contributed by atoms with van der Waals surface area (Å²) in [5.74, 6) is 1.12. The molecule has 3 heteroatoms. The van der Waals surface area contributed by atoms with Crippen LogP contribution in [0.2, 0.25) is 0 Å². The van der Waals surface area contributed by atoms with E-state index in [0.717, 1.165) is 11.3 Å². The Bertz CT molecular complexity index is 1440. The van der Waals surface area contributed by atoms with Gasteiger partial charge in [-0.3, -0.25) is 0 Å². The molecule has 0 N–H and O–H groups in total. The third-order valence-corrected chi connectivity index (χ3v) is 9.30. The number of nitrogens with zero attached hydrogens (tertiary/aromatic N) is 3. The fourth-order valence-corrected chi connectivity index (χ4v) is 6.09. The van der Waals surface area contributed by atoms with Gasteiger partial charge in [-0.1, -0.05) is 74.4 Å². The van der Waals surface area contributed by atoms with Crippen LogP contribution in [0.25, 0.3) is 27.6 Å². The molecule has 0 unspecified atom stereocenters. The Morgan fingerprint density at radius 3 is 2.09 bits per heavy atom. The van der Waals surface area contributed by atoms with Crippen LogP contribution in [0.1, 0.15) is 84.8 Å². The molecule has 168 valence electrons. The molecule has 2 heterocycles. The van der Waals surface area contributed by atoms with Crippen molar-refractivity contribution < 1.29 is 4.57 Å². The molecule has 2 aromatic heterocycles. The zero-order chi connectivity index (χ0) is 23.6. The van der Waals surface area contributed by atoms with Crippen molar-refractivity contribution in [3.05, 3.63) is 52.8 Å². The van der Waals surface area contributed by atoms with E-state index < -0.39 is 0 Å². The molecule has 3 nitrogen and oxygen atoms in total. The maximum Gasteiger partial charge on any atom is 0.298 e. The molecule has 5 rings (SSSR count). The number of hydrogen-bond acceptors (Lipinski definition) is 1. The Kier molecular flexibility index (Phi) is 3.97. The fraction of sp³-hybridized carbons (Fsp3) is 0.517. The number of imidazole rings is 1. The summed E-state index contributed by atoms with van der Waals surface area (Å²) >= 11 is 0. The Balaban J connectivity index is 2.07. The van der Waals surface area contributed by atoms with Gasteiger partial charge in [0.15, 0.2) is 11.0 Å². The third kappa shape index (κ3) is 2.32. The molecule has 32 heavy (non-hydrogen) atoms. The highest BCUT2D eigenvalue weighted by molar-refractivity contribution is 5.96. The van der Waals surface area contributed by atoms with Crippen molar-refractivity contribution in [3.63, 3.8) is 0 Å². The number of fused-ring (bicyclic) bond motifs is 6. The minimum atomic E-state index is -0.0811. The quantitative estimate of drug-likeness (QED) is 0.287. The average molecular weight is 429 g/mol. The lowest BCUT2D eigenvalue weighted by Gasteiger charge is -2.44. The Hall–Kier alpha value is -2.42. The van der Waals surface area contributed by atoms with Gasteiger partial charge in [0.25, 0.3) is 5.65 Å². The van der Waals surface area contributed by atoms with E-state index in [0.29, 0.717) is 0 Å². The van der Waals surface area contributed by atoms with Crippen molar-refractivity contribution >= 4 is 27.6 Å². The van der Waals surface area contributed by atoms with Gasteiger partial charge in [0.1, 0.15) is 0 Å². The van der Waals surface area contributed by atoms with E-state index in [1.165, 1.54) is 38.8 Å². The van der Waals surface area contributed by atoms with Gasteiger partial charge in [-0.15, -0.1) is 0 Å². The van der Waals surface area contributed by atoms with Gasteiger partial charge in [-0.05, 0) is 58.1 Å². The number of rotatable bonds is 0. The number of benzene rings is 2. The number of hydrogen-bond donors (Lipinski definition) is 0. The van der Waals surface area contributed by atoms with Crippen LogP contribution < -0.4 is 4.57 Å². The lowest BCUT2D eigenvalue weighted by Crippen LogP contribution is -2.42. The maximum absolute atomic E-state index is 5.24. The Morgan fingerprint density at radius 1 is 0.906 bits per heavy atom. The molecule has 0 saturated carbocycles. The lowest BCUT2D eigenvalue weighted by atomic mass is 9.59. The summed E-state index contributed by atoms with van der Waals surface area (Å²) in [6.07, 6.45) is 0. The highest BCUT2D eigenvalue weighted by Crippen LogP contribution is 2.61. The molecule has 0 saturated heterocycles. The van der Waals surface area contributed by atoms with E-state index >= 15 is 0 Å². The Labute approximate surface area is 192 Å². The molecule has 0 bridgehead atoms. The molecule has 4 aromatic rings. The summed E-state index contributed by atoms with van der Waals surface area (Å²) in [5, 5.41) is 1.25. The second-order valence-corrected chi connectivity index (χ2v) is 12.6. The summed E-state index contributed by atoms with van der Waals surface area (Å²) in [5.41, 5.74) is 9.34. The van der Waals surface area contributed by atoms with E-state index in [4.69, 9.17) is 4.98 Å². The van der Waals surface area contributed by atoms with Gasteiger partial charge in [0.2, 0.25) is 5.82 Å². The summed E-state index contributed by atoms with van der Waals surface area (Å²) in [6, 6.07) is 11.4. The second-order valence-electron chi connectivity index (χ2n) is 12.6. The van der Waals surface area contributed by atoms with Crippen molar-refractivity contribution in [2.45, 2.75) is 85.5 Å². The molecular formula is C29H38N3+. The van der Waals surface area contributed by atoms with Crippen LogP contribution in [-0.2, 0) is 23.3 Å². The standard InChI is InChI=1S/C29H38N3/c1-17-13-12-14-20-23(17)24-31(11)21-15-18-19(28(7,8)29(9,10)27(18,5)6)16-22(21)32(24)25(30-20)26(2,3)4/h12-16H,1-11H3/q+1. The van der Waals surface area contributed by atoms with E-state index in [1.807, 2.05) is 0 Å². The van der Waals surface area contributed by atoms with Crippen molar-refractivity contribution in [3.8, 4) is 0 Å². The topological polar surface area (TPSA) is 21.2 Å². The number of aromatic nitrogens is 3. The van der Waals surface area contributed by atoms with Crippen molar-refractivity contribution in [2.24, 2.45) is 12.5 Å². The van der Waals surface area contributed by atoms with Gasteiger partial charge >= 0.3 is 0 Å². The van der Waals surface area contributed by atoms with Gasteiger partial charge in [0, 0.05) is 5.41 Å². The predicted molar refractivity (Wildman–Crippen MR) is 135 cm³/mol. The molecule has 1 aliphatic rings. The SMILES string of the molecule is Cc1cccc2nc(C(C)(C)C)n3c4cc5c(cc4[n+](C)c3c12)C(C)(C)C(C)(C)C5(C)C. The first kappa shape index (κ1) is 21.4. The van der Waals surface area contributed by atoms with Crippen LogP contribution >= 0.6 is 0 Å². The van der Waals surface area contributed by atoms with Crippen molar-refractivity contribution in [1.82, 2.24) is 9.38 Å². The molecule has 1 aliphatic carbocycles. The van der Waals surface area contributed by atoms with Gasteiger partial charge in [-0.25, -0.2) is 9.55 Å². The zero-order valence-corrected chi connectivity index (χ0v) is 21.7. The van der Waals surface area contributed by atoms with Crippen molar-refractivity contribution in [1.29, 1.82) is 0 Å². The number of aryl methyl sites for hydroxylation is 2. The highest BCUT2D eigenvalue weighted by Gasteiger charge is 2.57. The van der Waals surface area contributed by atoms with Gasteiger partial charge in [-0.2, -0.15) is 4.40 Å². The molecule has 0 aliphatic heterocycles. The zero-order valence-electron chi connectivity index (χ0n) is 21.7. The summed E-state index contributed by atoms with van der Waals surface area (Å²) < 4.78 is 4.84. The second kappa shape index (κ2) is 5.92. The molecule has 0 radical (unpaired) electrons. The molecule has 0 atom stereocenters. The van der Waals surface area contributed by atoms with Crippen LogP contribution in [0.3, 0.4) is 0 Å². The molecular weight excluding hydrogens is 390 g/mol. The first-order valence-electron chi connectivity index (χ1n) is 11.9. The van der Waals surface area contributed by atoms with Crippen molar-refractivity contribution in [2.75, 3.05) is 0 Å². The highest BCUT2D eigenvalue weighted by atomic mass is 15.2. The van der Waals surface area contributed by atoms with Gasteiger partial charge in [0.05, 0.1) is 18.0 Å². The maximum atomic E-state index is 5.24. The van der Waals surface area contributed by atoms with Crippen LogP contribution in [0.15, 0.2) is 30.3 Å². The Morgan fingerprint density at radius 2 is 1.50 bits per heavy atom. The minimum absolute atomic E-state index is 0.0742. The molecule has 2 aromatic carbocycles. The lowest BCUT2D eigenvalue weighted by molar-refractivity contribution is -0.617. The summed E-state index contributed by atoms with van der Waals surface area (Å²) in [4.78, 5) is 5.24. The fourth-order valence-electron chi connectivity index (χ4n) is 6.09. The predicted octanol–water partition coefficient (Wildman–Crippen LogP) is 6.67. The van der Waals surface area contributed by atoms with Crippen LogP contribution in [0.5, 0.6) is 0 Å². The smallest absolute Gasteiger partial charge is 0.225 e. The van der Waals surface area contributed by atoms with Crippen LogP contribution in [0.4, 0.5) is 0 Å². The first-order valence-corrected chi connectivity index (χ1v) is 11.9. The monoisotopic (exact) mass is 428 g/mol. The third-order valence-electron chi connectivity index (χ3n) is 9.30. The van der Waals surface area contributed by atoms with Crippen LogP contribution in [0, 0.1) is 12.3 Å². The molecule has 0 spiro atoms. The normalized spacial score (nSPS) is 19.2. The minimum Gasteiger partial charge on any atom is -0.225 e. The first-order chi connectivity index (χ1) is 14.6. The summed E-state index contributed by atoms with van der Waals surface area (Å²) in [7, 11) is 2.22. The van der Waals surface area contributed by atoms with E-state index in [9.17, 15) is 0 Å². The van der Waals surface area contributed by atoms with Gasteiger partial charge < -0.3 is 0 Å². The van der Waals surface area contributed by atoms with E-state index in [-0.39, 0.29) is 21.7 Å². The van der Waals surface area contributed by atoms with Crippen LogP contribution in [-0.4, -0.2) is 9.38 Å². The average Bonchev–Trinajstić information content (AvgIpc) is 3.02. The van der Waals surface area contributed by atoms with E-state index in [2.05, 4.69) is 116 Å².